The van der Waals surface area contributed by atoms with E-state index in [9.17, 15) is 19.2 Å². The van der Waals surface area contributed by atoms with Crippen molar-refractivity contribution in [2.75, 3.05) is 13.6 Å². The molecule has 2 aliphatic rings. The molecule has 0 unspecified atom stereocenters. The van der Waals surface area contributed by atoms with Gasteiger partial charge in [0.1, 0.15) is 6.04 Å². The second-order valence-electron chi connectivity index (χ2n) is 7.79. The maximum atomic E-state index is 13.1. The van der Waals surface area contributed by atoms with E-state index in [1.807, 2.05) is 12.2 Å². The van der Waals surface area contributed by atoms with Crippen LogP contribution in [0.4, 0.5) is 0 Å². The quantitative estimate of drug-likeness (QED) is 0.495. The van der Waals surface area contributed by atoms with Crippen molar-refractivity contribution in [1.29, 1.82) is 0 Å². The van der Waals surface area contributed by atoms with Crippen LogP contribution in [-0.2, 0) is 25.7 Å². The Morgan fingerprint density at radius 3 is 2.29 bits per heavy atom. The van der Waals surface area contributed by atoms with Crippen molar-refractivity contribution in [3.8, 4) is 0 Å². The van der Waals surface area contributed by atoms with Gasteiger partial charge in [-0.15, -0.1) is 0 Å². The van der Waals surface area contributed by atoms with E-state index in [0.717, 1.165) is 0 Å². The molecular formula is C22H25Cl2N3O4. The van der Waals surface area contributed by atoms with Crippen LogP contribution in [0.2, 0.25) is 10.0 Å². The van der Waals surface area contributed by atoms with Crippen molar-refractivity contribution in [3.05, 3.63) is 46.0 Å². The number of allylic oxidation sites excluding steroid dienone is 2. The van der Waals surface area contributed by atoms with Gasteiger partial charge in [-0.25, -0.2) is 0 Å². The molecule has 7 nitrogen and oxygen atoms in total. The summed E-state index contributed by atoms with van der Waals surface area (Å²) >= 11 is 12.1. The van der Waals surface area contributed by atoms with E-state index in [1.54, 1.807) is 25.1 Å². The number of likely N-dealkylation sites (N-methyl/N-ethyl adjacent to an activating group) is 1. The number of likely N-dealkylation sites (tertiary alicyclic amines) is 1. The molecule has 0 bridgehead atoms. The number of hydrogen-bond donors (Lipinski definition) is 1. The maximum absolute atomic E-state index is 13.1. The van der Waals surface area contributed by atoms with Crippen molar-refractivity contribution in [2.45, 2.75) is 38.8 Å². The van der Waals surface area contributed by atoms with Gasteiger partial charge in [0, 0.05) is 26.6 Å². The fourth-order valence-electron chi connectivity index (χ4n) is 4.07. The Balaban J connectivity index is 1.72. The summed E-state index contributed by atoms with van der Waals surface area (Å²) in [4.78, 5) is 53.2. The first-order chi connectivity index (χ1) is 14.7. The van der Waals surface area contributed by atoms with Crippen LogP contribution in [0.25, 0.3) is 0 Å². The van der Waals surface area contributed by atoms with Gasteiger partial charge in [0.15, 0.2) is 0 Å². The molecule has 0 radical (unpaired) electrons. The number of imide groups is 1. The molecule has 1 aliphatic carbocycles. The van der Waals surface area contributed by atoms with Gasteiger partial charge in [-0.3, -0.25) is 24.1 Å². The van der Waals surface area contributed by atoms with Crippen LogP contribution >= 0.6 is 23.2 Å². The molecule has 1 saturated heterocycles. The molecule has 1 fully saturated rings. The molecule has 1 aliphatic heterocycles. The van der Waals surface area contributed by atoms with E-state index in [-0.39, 0.29) is 55.0 Å². The number of carbonyl (C=O) groups is 4. The fourth-order valence-corrected chi connectivity index (χ4v) is 4.39. The second kappa shape index (κ2) is 9.83. The normalized spacial score (nSPS) is 21.1. The molecule has 3 atom stereocenters. The highest BCUT2D eigenvalue weighted by Crippen LogP contribution is 2.35. The second-order valence-corrected chi connectivity index (χ2v) is 8.61. The van der Waals surface area contributed by atoms with Crippen LogP contribution in [0.3, 0.4) is 0 Å². The average Bonchev–Trinajstić information content (AvgIpc) is 3.01. The van der Waals surface area contributed by atoms with E-state index >= 15 is 0 Å². The zero-order valence-electron chi connectivity index (χ0n) is 17.4. The van der Waals surface area contributed by atoms with Gasteiger partial charge in [-0.1, -0.05) is 41.4 Å². The molecule has 1 heterocycles. The highest BCUT2D eigenvalue weighted by Gasteiger charge is 2.47. The van der Waals surface area contributed by atoms with Crippen LogP contribution in [0.5, 0.6) is 0 Å². The van der Waals surface area contributed by atoms with Gasteiger partial charge < -0.3 is 10.2 Å². The molecule has 0 spiro atoms. The lowest BCUT2D eigenvalue weighted by atomic mass is 9.85. The predicted molar refractivity (Wildman–Crippen MR) is 117 cm³/mol. The molecule has 0 saturated carbocycles. The highest BCUT2D eigenvalue weighted by atomic mass is 35.5. The number of amides is 4. The number of nitrogens with one attached hydrogen (secondary N) is 1. The summed E-state index contributed by atoms with van der Waals surface area (Å²) in [6.07, 6.45) is 4.89. The third-order valence-corrected chi connectivity index (χ3v) is 6.64. The molecule has 31 heavy (non-hydrogen) atoms. The van der Waals surface area contributed by atoms with Gasteiger partial charge in [0.25, 0.3) is 0 Å². The monoisotopic (exact) mass is 465 g/mol. The molecule has 3 rings (SSSR count). The molecule has 9 heteroatoms. The Kier molecular flexibility index (Phi) is 7.38. The topological polar surface area (TPSA) is 86.8 Å². The van der Waals surface area contributed by atoms with Crippen molar-refractivity contribution < 1.29 is 19.2 Å². The highest BCUT2D eigenvalue weighted by molar-refractivity contribution is 6.42. The van der Waals surface area contributed by atoms with Gasteiger partial charge >= 0.3 is 0 Å². The van der Waals surface area contributed by atoms with Crippen molar-refractivity contribution in [3.63, 3.8) is 0 Å². The zero-order valence-corrected chi connectivity index (χ0v) is 18.9. The number of halogens is 2. The SMILES string of the molecule is CNC(=O)[C@@H](C)N(Cc1ccc(Cl)c(Cl)c1)C(=O)CCN1C(=O)[C@H]2CC=CC[C@H]2C1=O. The van der Waals surface area contributed by atoms with Crippen molar-refractivity contribution in [2.24, 2.45) is 11.8 Å². The van der Waals surface area contributed by atoms with Crippen LogP contribution in [0.1, 0.15) is 31.7 Å². The van der Waals surface area contributed by atoms with Gasteiger partial charge in [-0.2, -0.15) is 0 Å². The molecule has 1 aromatic carbocycles. The first-order valence-corrected chi connectivity index (χ1v) is 11.0. The minimum Gasteiger partial charge on any atom is -0.357 e. The number of benzene rings is 1. The summed E-state index contributed by atoms with van der Waals surface area (Å²) in [5, 5.41) is 3.29. The van der Waals surface area contributed by atoms with E-state index in [4.69, 9.17) is 23.2 Å². The summed E-state index contributed by atoms with van der Waals surface area (Å²) in [5.74, 6) is -1.76. The third-order valence-electron chi connectivity index (χ3n) is 5.90. The van der Waals surface area contributed by atoms with Crippen molar-refractivity contribution in [1.82, 2.24) is 15.1 Å². The molecule has 0 aromatic heterocycles. The summed E-state index contributed by atoms with van der Waals surface area (Å²) in [7, 11) is 1.50. The van der Waals surface area contributed by atoms with Gasteiger partial charge in [0.05, 0.1) is 21.9 Å². The molecule has 166 valence electrons. The Morgan fingerprint density at radius 1 is 1.13 bits per heavy atom. The lowest BCUT2D eigenvalue weighted by Crippen LogP contribution is -2.47. The Morgan fingerprint density at radius 2 is 1.74 bits per heavy atom. The predicted octanol–water partition coefficient (Wildman–Crippen LogP) is 2.80. The summed E-state index contributed by atoms with van der Waals surface area (Å²) < 4.78 is 0. The summed E-state index contributed by atoms with van der Waals surface area (Å²) in [5.41, 5.74) is 0.712. The Bertz CT molecular complexity index is 907. The summed E-state index contributed by atoms with van der Waals surface area (Å²) in [6.45, 7) is 1.77. The first-order valence-electron chi connectivity index (χ1n) is 10.2. The van der Waals surface area contributed by atoms with Crippen LogP contribution in [-0.4, -0.2) is 53.1 Å². The standard InChI is InChI=1S/C22H25Cl2N3O4/c1-13(20(29)25-2)27(12-14-7-8-17(23)18(24)11-14)19(28)9-10-26-21(30)15-5-3-4-6-16(15)22(26)31/h3-4,7-8,11,13,15-16H,5-6,9-10,12H2,1-2H3,(H,25,29)/t13-,15-,16+/m1/s1. The first kappa shape index (κ1) is 23.3. The van der Waals surface area contributed by atoms with E-state index in [1.165, 1.54) is 16.8 Å². The average molecular weight is 466 g/mol. The van der Waals surface area contributed by atoms with Crippen LogP contribution in [0, 0.1) is 11.8 Å². The third kappa shape index (κ3) is 4.93. The number of nitrogens with zero attached hydrogens (tertiary/aromatic N) is 2. The van der Waals surface area contributed by atoms with E-state index < -0.39 is 6.04 Å². The molecule has 1 aromatic rings. The van der Waals surface area contributed by atoms with Gasteiger partial charge in [0.2, 0.25) is 23.6 Å². The minimum absolute atomic E-state index is 0.00182. The smallest absolute Gasteiger partial charge is 0.242 e. The Hall–Kier alpha value is -2.38. The molecule has 4 amide bonds. The number of carbonyl (C=O) groups excluding carboxylic acids is 4. The Labute approximate surface area is 191 Å². The fraction of sp³-hybridized carbons (Fsp3) is 0.455. The lowest BCUT2D eigenvalue weighted by molar-refractivity contribution is -0.143. The number of fused-ring (bicyclic) bond motifs is 1. The molecule has 1 N–H and O–H groups in total. The summed E-state index contributed by atoms with van der Waals surface area (Å²) in [6, 6.07) is 4.26. The van der Waals surface area contributed by atoms with Crippen LogP contribution in [0.15, 0.2) is 30.4 Å². The minimum atomic E-state index is -0.747. The number of hydrogen-bond acceptors (Lipinski definition) is 4. The maximum Gasteiger partial charge on any atom is 0.242 e. The van der Waals surface area contributed by atoms with Crippen molar-refractivity contribution >= 4 is 46.8 Å². The zero-order chi connectivity index (χ0) is 22.7. The molecular weight excluding hydrogens is 441 g/mol. The number of rotatable bonds is 7. The van der Waals surface area contributed by atoms with Gasteiger partial charge in [-0.05, 0) is 37.5 Å². The largest absolute Gasteiger partial charge is 0.357 e. The van der Waals surface area contributed by atoms with E-state index in [2.05, 4.69) is 5.32 Å². The van der Waals surface area contributed by atoms with Crippen LogP contribution < -0.4 is 5.32 Å². The van der Waals surface area contributed by atoms with E-state index in [0.29, 0.717) is 28.5 Å². The lowest BCUT2D eigenvalue weighted by Gasteiger charge is -2.29.